The molecule has 0 amide bonds. The van der Waals surface area contributed by atoms with E-state index in [-0.39, 0.29) is 0 Å². The number of hydrogen-bond acceptors (Lipinski definition) is 4. The molecule has 1 aliphatic carbocycles. The van der Waals surface area contributed by atoms with Gasteiger partial charge in [-0.05, 0) is 46.0 Å². The summed E-state index contributed by atoms with van der Waals surface area (Å²) in [6.07, 6.45) is 3.67. The van der Waals surface area contributed by atoms with Gasteiger partial charge in [-0.2, -0.15) is 4.31 Å². The Morgan fingerprint density at radius 3 is 2.61 bits per heavy atom. The second kappa shape index (κ2) is 4.81. The summed E-state index contributed by atoms with van der Waals surface area (Å²) in [5.74, 6) is -0.398. The monoisotopic (exact) mass is 275 g/mol. The van der Waals surface area contributed by atoms with Crippen LogP contribution in [0.5, 0.6) is 0 Å². The third-order valence-electron chi connectivity index (χ3n) is 3.90. The van der Waals surface area contributed by atoms with E-state index >= 15 is 0 Å². The lowest BCUT2D eigenvalue weighted by Gasteiger charge is -2.34. The van der Waals surface area contributed by atoms with E-state index in [0.29, 0.717) is 32.4 Å². The van der Waals surface area contributed by atoms with Crippen molar-refractivity contribution in [2.24, 2.45) is 0 Å². The van der Waals surface area contributed by atoms with Crippen LogP contribution in [0.25, 0.3) is 0 Å². The van der Waals surface area contributed by atoms with Gasteiger partial charge in [-0.3, -0.25) is 4.79 Å². The molecule has 18 heavy (non-hydrogen) atoms. The number of rotatable bonds is 4. The molecule has 1 heterocycles. The average Bonchev–Trinajstić information content (AvgIpc) is 3.09. The Morgan fingerprint density at radius 1 is 1.39 bits per heavy atom. The number of carbonyl (C=O) groups excluding carboxylic acids is 1. The van der Waals surface area contributed by atoms with E-state index in [9.17, 15) is 13.2 Å². The fraction of sp³-hybridized carbons (Fsp3) is 0.917. The predicted molar refractivity (Wildman–Crippen MR) is 67.5 cm³/mol. The molecule has 1 saturated carbocycles. The summed E-state index contributed by atoms with van der Waals surface area (Å²) >= 11 is 0. The van der Waals surface area contributed by atoms with Crippen molar-refractivity contribution in [3.63, 3.8) is 0 Å². The third kappa shape index (κ3) is 2.28. The highest BCUT2D eigenvalue weighted by atomic mass is 32.2. The molecular formula is C12H21NO4S. The molecule has 0 unspecified atom stereocenters. The molecule has 2 rings (SSSR count). The maximum atomic E-state index is 12.5. The molecule has 1 aliphatic heterocycles. The zero-order valence-electron chi connectivity index (χ0n) is 11.0. The lowest BCUT2D eigenvalue weighted by molar-refractivity contribution is -0.148. The smallest absolute Gasteiger partial charge is 0.324 e. The first-order valence-corrected chi connectivity index (χ1v) is 8.04. The molecule has 2 fully saturated rings. The molecule has 0 aromatic carbocycles. The topological polar surface area (TPSA) is 63.7 Å². The highest BCUT2D eigenvalue weighted by Gasteiger charge is 2.55. The van der Waals surface area contributed by atoms with Crippen LogP contribution in [0.2, 0.25) is 0 Å². The average molecular weight is 275 g/mol. The molecule has 2 aliphatic rings. The number of hydrogen-bond donors (Lipinski definition) is 0. The van der Waals surface area contributed by atoms with Crippen molar-refractivity contribution in [1.29, 1.82) is 0 Å². The van der Waals surface area contributed by atoms with Gasteiger partial charge in [0.05, 0.1) is 11.4 Å². The summed E-state index contributed by atoms with van der Waals surface area (Å²) in [5.41, 5.74) is 0. The summed E-state index contributed by atoms with van der Waals surface area (Å²) in [5, 5.41) is 0. The van der Waals surface area contributed by atoms with Crippen LogP contribution in [0.1, 0.15) is 46.0 Å². The van der Waals surface area contributed by atoms with E-state index < -0.39 is 26.8 Å². The molecule has 0 aromatic heterocycles. The lowest BCUT2D eigenvalue weighted by Crippen LogP contribution is -2.51. The standard InChI is InChI=1S/C12H21NO4S/c1-3-17-11(14)10-6-4-5-9-13(10)18(15,16)12(2)7-8-12/h10H,3-9H2,1-2H3/t10-/m0/s1. The predicted octanol–water partition coefficient (Wildman–Crippen LogP) is 1.29. The SMILES string of the molecule is CCOC(=O)[C@@H]1CCCCN1S(=O)(=O)C1(C)CC1. The minimum absolute atomic E-state index is 0.292. The largest absolute Gasteiger partial charge is 0.465 e. The van der Waals surface area contributed by atoms with Crippen LogP contribution in [0.3, 0.4) is 0 Å². The molecule has 6 heteroatoms. The molecule has 0 spiro atoms. The molecule has 0 N–H and O–H groups in total. The molecule has 0 aromatic rings. The zero-order chi connectivity index (χ0) is 13.4. The van der Waals surface area contributed by atoms with Gasteiger partial charge in [-0.25, -0.2) is 8.42 Å². The van der Waals surface area contributed by atoms with Gasteiger partial charge < -0.3 is 4.74 Å². The van der Waals surface area contributed by atoms with E-state index in [1.165, 1.54) is 4.31 Å². The Morgan fingerprint density at radius 2 is 2.06 bits per heavy atom. The van der Waals surface area contributed by atoms with Gasteiger partial charge >= 0.3 is 5.97 Å². The van der Waals surface area contributed by atoms with Crippen LogP contribution in [0, 0.1) is 0 Å². The van der Waals surface area contributed by atoms with Crippen molar-refractivity contribution in [2.75, 3.05) is 13.2 Å². The maximum absolute atomic E-state index is 12.5. The van der Waals surface area contributed by atoms with E-state index in [2.05, 4.69) is 0 Å². The van der Waals surface area contributed by atoms with Crippen molar-refractivity contribution in [3.8, 4) is 0 Å². The van der Waals surface area contributed by atoms with Crippen LogP contribution in [0.15, 0.2) is 0 Å². The van der Waals surface area contributed by atoms with Crippen LogP contribution in [0.4, 0.5) is 0 Å². The number of sulfonamides is 1. The number of ether oxygens (including phenoxy) is 1. The molecular weight excluding hydrogens is 254 g/mol. The first-order valence-electron chi connectivity index (χ1n) is 6.60. The number of piperidine rings is 1. The summed E-state index contributed by atoms with van der Waals surface area (Å²) < 4.78 is 30.8. The van der Waals surface area contributed by atoms with Crippen molar-refractivity contribution < 1.29 is 17.9 Å². The van der Waals surface area contributed by atoms with Crippen LogP contribution < -0.4 is 0 Å². The second-order valence-corrected chi connectivity index (χ2v) is 7.73. The van der Waals surface area contributed by atoms with Gasteiger partial charge in [0.25, 0.3) is 0 Å². The van der Waals surface area contributed by atoms with E-state index in [0.717, 1.165) is 12.8 Å². The first-order chi connectivity index (χ1) is 8.42. The Kier molecular flexibility index (Phi) is 3.69. The van der Waals surface area contributed by atoms with Crippen molar-refractivity contribution in [3.05, 3.63) is 0 Å². The molecule has 0 bridgehead atoms. The molecule has 5 nitrogen and oxygen atoms in total. The van der Waals surface area contributed by atoms with Crippen LogP contribution >= 0.6 is 0 Å². The summed E-state index contributed by atoms with van der Waals surface area (Å²) in [7, 11) is -3.37. The van der Waals surface area contributed by atoms with Crippen molar-refractivity contribution >= 4 is 16.0 Å². The summed E-state index contributed by atoms with van der Waals surface area (Å²) in [6, 6.07) is -0.610. The summed E-state index contributed by atoms with van der Waals surface area (Å²) in [6.45, 7) is 4.24. The zero-order valence-corrected chi connectivity index (χ0v) is 11.8. The number of carbonyl (C=O) groups is 1. The third-order valence-corrected chi connectivity index (χ3v) is 6.61. The fourth-order valence-corrected chi connectivity index (χ4v) is 4.46. The van der Waals surface area contributed by atoms with Crippen LogP contribution in [-0.2, 0) is 19.6 Å². The lowest BCUT2D eigenvalue weighted by atomic mass is 10.1. The van der Waals surface area contributed by atoms with Crippen molar-refractivity contribution in [2.45, 2.75) is 56.7 Å². The first kappa shape index (κ1) is 13.8. The molecule has 0 radical (unpaired) electrons. The van der Waals surface area contributed by atoms with Crippen LogP contribution in [-0.4, -0.2) is 42.6 Å². The van der Waals surface area contributed by atoms with E-state index in [4.69, 9.17) is 4.74 Å². The quantitative estimate of drug-likeness (QED) is 0.725. The fourth-order valence-electron chi connectivity index (χ4n) is 2.38. The molecule has 104 valence electrons. The van der Waals surface area contributed by atoms with Gasteiger partial charge in [-0.1, -0.05) is 0 Å². The Labute approximate surface area is 109 Å². The number of nitrogens with zero attached hydrogens (tertiary/aromatic N) is 1. The highest BCUT2D eigenvalue weighted by Crippen LogP contribution is 2.45. The minimum Gasteiger partial charge on any atom is -0.465 e. The Bertz CT molecular complexity index is 427. The van der Waals surface area contributed by atoms with Gasteiger partial charge in [0.15, 0.2) is 0 Å². The Hall–Kier alpha value is -0.620. The number of esters is 1. The van der Waals surface area contributed by atoms with E-state index in [1.807, 2.05) is 0 Å². The van der Waals surface area contributed by atoms with Gasteiger partial charge in [0, 0.05) is 6.54 Å². The van der Waals surface area contributed by atoms with Gasteiger partial charge in [0.2, 0.25) is 10.0 Å². The van der Waals surface area contributed by atoms with E-state index in [1.54, 1.807) is 13.8 Å². The minimum atomic E-state index is -3.37. The van der Waals surface area contributed by atoms with Gasteiger partial charge in [0.1, 0.15) is 6.04 Å². The molecule has 1 saturated heterocycles. The molecule has 1 atom stereocenters. The van der Waals surface area contributed by atoms with Gasteiger partial charge in [-0.15, -0.1) is 0 Å². The van der Waals surface area contributed by atoms with Crippen molar-refractivity contribution in [1.82, 2.24) is 4.31 Å². The summed E-state index contributed by atoms with van der Waals surface area (Å²) in [4.78, 5) is 11.9. The highest BCUT2D eigenvalue weighted by molar-refractivity contribution is 7.90. The maximum Gasteiger partial charge on any atom is 0.324 e. The second-order valence-electron chi connectivity index (χ2n) is 5.33. The normalized spacial score (nSPS) is 27.8. The Balaban J connectivity index is 2.20.